The molecule has 126 valence electrons. The van der Waals surface area contributed by atoms with Gasteiger partial charge in [-0.3, -0.25) is 4.90 Å². The van der Waals surface area contributed by atoms with Crippen molar-refractivity contribution >= 4 is 5.82 Å². The fourth-order valence-corrected chi connectivity index (χ4v) is 3.26. The van der Waals surface area contributed by atoms with Crippen LogP contribution in [0.15, 0.2) is 18.3 Å². The predicted octanol–water partition coefficient (Wildman–Crippen LogP) is 1.49. The van der Waals surface area contributed by atoms with E-state index in [2.05, 4.69) is 48.6 Å². The number of anilines is 1. The summed E-state index contributed by atoms with van der Waals surface area (Å²) >= 11 is 0. The van der Waals surface area contributed by atoms with E-state index in [9.17, 15) is 0 Å². The van der Waals surface area contributed by atoms with Gasteiger partial charge in [0.1, 0.15) is 0 Å². The van der Waals surface area contributed by atoms with Gasteiger partial charge in [0.15, 0.2) is 0 Å². The summed E-state index contributed by atoms with van der Waals surface area (Å²) in [5.74, 6) is 2.28. The van der Waals surface area contributed by atoms with Gasteiger partial charge in [0.2, 0.25) is 0 Å². The summed E-state index contributed by atoms with van der Waals surface area (Å²) in [6, 6.07) is 4.63. The van der Waals surface area contributed by atoms with Crippen LogP contribution in [0.3, 0.4) is 0 Å². The van der Waals surface area contributed by atoms with Gasteiger partial charge in [-0.1, -0.05) is 33.1 Å². The van der Waals surface area contributed by atoms with Crippen LogP contribution in [0.1, 0.15) is 64.4 Å². The summed E-state index contributed by atoms with van der Waals surface area (Å²) in [7, 11) is 0. The lowest BCUT2D eigenvalue weighted by molar-refractivity contribution is -0.686. The number of hydrogen-bond acceptors (Lipinski definition) is 1. The normalized spacial score (nSPS) is 16.2. The Hall–Kier alpha value is -0.760. The van der Waals surface area contributed by atoms with Crippen molar-refractivity contribution in [1.29, 1.82) is 0 Å². The molecule has 2 rings (SSSR count). The van der Waals surface area contributed by atoms with E-state index in [1.807, 2.05) is 0 Å². The highest BCUT2D eigenvalue weighted by Gasteiger charge is 2.22. The third-order valence-corrected chi connectivity index (χ3v) is 4.76. The molecule has 0 spiro atoms. The van der Waals surface area contributed by atoms with Crippen molar-refractivity contribution in [1.82, 2.24) is 0 Å². The molecule has 0 aliphatic carbocycles. The van der Waals surface area contributed by atoms with Crippen LogP contribution in [-0.2, 0) is 6.54 Å². The molecule has 1 fully saturated rings. The highest BCUT2D eigenvalue weighted by Crippen LogP contribution is 2.18. The van der Waals surface area contributed by atoms with Gasteiger partial charge in [-0.15, -0.1) is 0 Å². The van der Waals surface area contributed by atoms with Gasteiger partial charge in [0.05, 0.1) is 25.8 Å². The van der Waals surface area contributed by atoms with Gasteiger partial charge in [0, 0.05) is 6.07 Å². The first-order valence-electron chi connectivity index (χ1n) is 8.95. The number of halogens is 1. The zero-order valence-electron chi connectivity index (χ0n) is 14.7. The van der Waals surface area contributed by atoms with Gasteiger partial charge < -0.3 is 12.4 Å². The topological polar surface area (TPSA) is 7.12 Å². The van der Waals surface area contributed by atoms with E-state index < -0.39 is 0 Å². The van der Waals surface area contributed by atoms with E-state index >= 15 is 0 Å². The van der Waals surface area contributed by atoms with Crippen LogP contribution in [0.4, 0.5) is 5.82 Å². The standard InChI is InChI=1S/C19H33N2.ClH/c1-4-5-9-17(2)10-14-21-15-11-18(3)16-19(21)20-12-7-6-8-13-20;/h11,15-17H,4-10,12-14H2,1-3H3;1H/q+1;/p-1. The van der Waals surface area contributed by atoms with Gasteiger partial charge in [0.25, 0.3) is 5.82 Å². The van der Waals surface area contributed by atoms with Crippen molar-refractivity contribution in [3.05, 3.63) is 23.9 Å². The zero-order valence-corrected chi connectivity index (χ0v) is 15.4. The lowest BCUT2D eigenvalue weighted by Gasteiger charge is -2.24. The second-order valence-corrected chi connectivity index (χ2v) is 6.84. The number of piperidine rings is 1. The quantitative estimate of drug-likeness (QED) is 0.689. The smallest absolute Gasteiger partial charge is 0.276 e. The number of unbranched alkanes of at least 4 members (excludes halogenated alkanes) is 1. The minimum Gasteiger partial charge on any atom is -1.00 e. The van der Waals surface area contributed by atoms with Crippen molar-refractivity contribution in [2.45, 2.75) is 72.3 Å². The monoisotopic (exact) mass is 324 g/mol. The van der Waals surface area contributed by atoms with E-state index in [0.717, 1.165) is 12.5 Å². The molecule has 0 saturated carbocycles. The van der Waals surface area contributed by atoms with Gasteiger partial charge in [-0.05, 0) is 50.2 Å². The van der Waals surface area contributed by atoms with Gasteiger partial charge in [-0.2, -0.15) is 0 Å². The van der Waals surface area contributed by atoms with Crippen LogP contribution in [0, 0.1) is 12.8 Å². The Balaban J connectivity index is 0.00000242. The fraction of sp³-hybridized carbons (Fsp3) is 0.737. The molecule has 0 bridgehead atoms. The lowest BCUT2D eigenvalue weighted by Crippen LogP contribution is -3.00. The van der Waals surface area contributed by atoms with Crippen molar-refractivity contribution in [3.8, 4) is 0 Å². The second-order valence-electron chi connectivity index (χ2n) is 6.84. The zero-order chi connectivity index (χ0) is 15.1. The molecule has 1 aromatic heterocycles. The van der Waals surface area contributed by atoms with Crippen LogP contribution < -0.4 is 21.9 Å². The number of rotatable bonds is 7. The number of pyridine rings is 1. The molecule has 2 nitrogen and oxygen atoms in total. The summed E-state index contributed by atoms with van der Waals surface area (Å²) < 4.78 is 2.49. The molecule has 22 heavy (non-hydrogen) atoms. The van der Waals surface area contributed by atoms with Crippen molar-refractivity contribution in [2.24, 2.45) is 5.92 Å². The van der Waals surface area contributed by atoms with Crippen LogP contribution in [0.5, 0.6) is 0 Å². The third-order valence-electron chi connectivity index (χ3n) is 4.76. The maximum Gasteiger partial charge on any atom is 0.276 e. The van der Waals surface area contributed by atoms with Crippen LogP contribution in [-0.4, -0.2) is 13.1 Å². The minimum absolute atomic E-state index is 0. The van der Waals surface area contributed by atoms with Crippen LogP contribution >= 0.6 is 0 Å². The Morgan fingerprint density at radius 1 is 1.18 bits per heavy atom. The van der Waals surface area contributed by atoms with Gasteiger partial charge in [-0.25, -0.2) is 4.57 Å². The predicted molar refractivity (Wildman–Crippen MR) is 90.7 cm³/mol. The maximum atomic E-state index is 2.59. The van der Waals surface area contributed by atoms with E-state index in [1.54, 1.807) is 0 Å². The molecule has 3 heteroatoms. The summed E-state index contributed by atoms with van der Waals surface area (Å²) in [4.78, 5) is 2.59. The number of aryl methyl sites for hydroxylation is 2. The molecule has 0 N–H and O–H groups in total. The summed E-state index contributed by atoms with van der Waals surface area (Å²) in [5, 5.41) is 0. The highest BCUT2D eigenvalue weighted by molar-refractivity contribution is 5.36. The van der Waals surface area contributed by atoms with Crippen molar-refractivity contribution in [2.75, 3.05) is 18.0 Å². The summed E-state index contributed by atoms with van der Waals surface area (Å²) in [6.07, 6.45) is 11.8. The van der Waals surface area contributed by atoms with Crippen LogP contribution in [0.25, 0.3) is 0 Å². The second kappa shape index (κ2) is 10.1. The largest absolute Gasteiger partial charge is 1.00 e. The molecule has 1 saturated heterocycles. The molecular weight excluding hydrogens is 292 g/mol. The lowest BCUT2D eigenvalue weighted by atomic mass is 10.0. The first-order chi connectivity index (χ1) is 10.2. The number of aromatic nitrogens is 1. The SMILES string of the molecule is CCCCC(C)CC[n+]1ccc(C)cc1N1CCCCC1.[Cl-]. The van der Waals surface area contributed by atoms with E-state index in [0.29, 0.717) is 0 Å². The van der Waals surface area contributed by atoms with E-state index in [1.165, 1.54) is 69.4 Å². The minimum atomic E-state index is 0. The molecule has 0 amide bonds. The Morgan fingerprint density at radius 3 is 2.59 bits per heavy atom. The molecule has 0 aromatic carbocycles. The maximum absolute atomic E-state index is 2.59. The fourth-order valence-electron chi connectivity index (χ4n) is 3.26. The number of hydrogen-bond donors (Lipinski definition) is 0. The number of nitrogens with zero attached hydrogens (tertiary/aromatic N) is 2. The van der Waals surface area contributed by atoms with Crippen LogP contribution in [0.2, 0.25) is 0 Å². The molecule has 1 aromatic rings. The average Bonchev–Trinajstić information content (AvgIpc) is 2.52. The Labute approximate surface area is 143 Å². The molecule has 1 aliphatic rings. The first kappa shape index (κ1) is 19.3. The van der Waals surface area contributed by atoms with Crippen molar-refractivity contribution < 1.29 is 17.0 Å². The summed E-state index contributed by atoms with van der Waals surface area (Å²) in [6.45, 7) is 10.5. The third kappa shape index (κ3) is 5.79. The summed E-state index contributed by atoms with van der Waals surface area (Å²) in [5.41, 5.74) is 1.38. The molecule has 1 aliphatic heterocycles. The highest BCUT2D eigenvalue weighted by atomic mass is 35.5. The Morgan fingerprint density at radius 2 is 1.91 bits per heavy atom. The molecular formula is C19H33ClN2. The molecule has 1 unspecified atom stereocenters. The molecule has 0 radical (unpaired) electrons. The Kier molecular flexibility index (Phi) is 8.85. The first-order valence-corrected chi connectivity index (χ1v) is 8.95. The van der Waals surface area contributed by atoms with Gasteiger partial charge >= 0.3 is 0 Å². The van der Waals surface area contributed by atoms with E-state index in [4.69, 9.17) is 0 Å². The Bertz CT molecular complexity index is 427. The average molecular weight is 325 g/mol. The van der Waals surface area contributed by atoms with Crippen molar-refractivity contribution in [3.63, 3.8) is 0 Å². The van der Waals surface area contributed by atoms with E-state index in [-0.39, 0.29) is 12.4 Å². The molecule has 2 heterocycles. The molecule has 1 atom stereocenters.